The summed E-state index contributed by atoms with van der Waals surface area (Å²) in [5.74, 6) is 0.751. The molecular weight excluding hydrogens is 244 g/mol. The number of rotatable bonds is 7. The molecule has 100 valence electrons. The quantitative estimate of drug-likeness (QED) is 0.796. The van der Waals surface area contributed by atoms with Crippen molar-refractivity contribution in [1.82, 2.24) is 5.32 Å². The summed E-state index contributed by atoms with van der Waals surface area (Å²) in [6, 6.07) is 6.17. The molecule has 1 rings (SSSR count). The number of carbonyl (C=O) groups is 1. The maximum absolute atomic E-state index is 11.1. The van der Waals surface area contributed by atoms with E-state index in [0.29, 0.717) is 11.6 Å². The molecule has 4 heteroatoms. The molecule has 3 N–H and O–H groups in total. The van der Waals surface area contributed by atoms with Crippen molar-refractivity contribution < 1.29 is 4.79 Å². The van der Waals surface area contributed by atoms with Crippen LogP contribution in [0, 0.1) is 6.92 Å². The number of nitrogens with two attached hydrogens (primary N) is 1. The minimum absolute atomic E-state index is 0.369. The van der Waals surface area contributed by atoms with Gasteiger partial charge in [-0.15, -0.1) is 0 Å². The number of hydrogen-bond donors (Lipinski definition) is 2. The number of benzene rings is 1. The zero-order valence-electron chi connectivity index (χ0n) is 11.3. The van der Waals surface area contributed by atoms with E-state index in [1.165, 1.54) is 5.56 Å². The summed E-state index contributed by atoms with van der Waals surface area (Å²) in [4.78, 5) is 11.1. The van der Waals surface area contributed by atoms with E-state index in [0.717, 1.165) is 24.3 Å². The van der Waals surface area contributed by atoms with E-state index in [9.17, 15) is 4.79 Å². The van der Waals surface area contributed by atoms with E-state index in [4.69, 9.17) is 5.73 Å². The van der Waals surface area contributed by atoms with Crippen LogP contribution in [0.3, 0.4) is 0 Å². The van der Waals surface area contributed by atoms with E-state index in [-0.39, 0.29) is 5.91 Å². The largest absolute Gasteiger partial charge is 0.366 e. The maximum Gasteiger partial charge on any atom is 0.248 e. The fourth-order valence-electron chi connectivity index (χ4n) is 1.82. The molecule has 18 heavy (non-hydrogen) atoms. The highest BCUT2D eigenvalue weighted by Crippen LogP contribution is 2.12. The lowest BCUT2D eigenvalue weighted by molar-refractivity contribution is 0.1000. The van der Waals surface area contributed by atoms with Crippen molar-refractivity contribution in [1.29, 1.82) is 0 Å². The van der Waals surface area contributed by atoms with Crippen LogP contribution in [-0.2, 0) is 6.54 Å². The number of amides is 1. The van der Waals surface area contributed by atoms with E-state index in [2.05, 4.69) is 18.5 Å². The van der Waals surface area contributed by atoms with Crippen LogP contribution in [0.1, 0.15) is 34.8 Å². The smallest absolute Gasteiger partial charge is 0.248 e. The standard InChI is InChI=1S/C14H22N2OS/c1-4-13(9-18-3)16-8-12-6-5-11(14(15)17)7-10(12)2/h5-7,13,16H,4,8-9H2,1-3H3,(H2,15,17). The van der Waals surface area contributed by atoms with E-state index in [1.807, 2.05) is 30.8 Å². The Morgan fingerprint density at radius 1 is 1.50 bits per heavy atom. The highest BCUT2D eigenvalue weighted by molar-refractivity contribution is 7.98. The molecule has 0 heterocycles. The van der Waals surface area contributed by atoms with E-state index >= 15 is 0 Å². The summed E-state index contributed by atoms with van der Waals surface area (Å²) in [7, 11) is 0. The second-order valence-corrected chi connectivity index (χ2v) is 5.36. The van der Waals surface area contributed by atoms with E-state index < -0.39 is 0 Å². The molecule has 0 saturated heterocycles. The van der Waals surface area contributed by atoms with E-state index in [1.54, 1.807) is 6.07 Å². The Morgan fingerprint density at radius 2 is 2.22 bits per heavy atom. The van der Waals surface area contributed by atoms with Crippen LogP contribution < -0.4 is 11.1 Å². The van der Waals surface area contributed by atoms with Gasteiger partial charge in [0.25, 0.3) is 0 Å². The molecule has 0 fully saturated rings. The van der Waals surface area contributed by atoms with Crippen molar-refractivity contribution in [2.24, 2.45) is 5.73 Å². The zero-order chi connectivity index (χ0) is 13.5. The lowest BCUT2D eigenvalue weighted by atomic mass is 10.0. The molecule has 0 spiro atoms. The van der Waals surface area contributed by atoms with Gasteiger partial charge in [-0.05, 0) is 42.9 Å². The van der Waals surface area contributed by atoms with Gasteiger partial charge >= 0.3 is 0 Å². The highest BCUT2D eigenvalue weighted by Gasteiger charge is 2.07. The van der Waals surface area contributed by atoms with Gasteiger partial charge in [0, 0.05) is 23.9 Å². The van der Waals surface area contributed by atoms with Crippen molar-refractivity contribution in [3.63, 3.8) is 0 Å². The molecule has 1 unspecified atom stereocenters. The predicted molar refractivity (Wildman–Crippen MR) is 79.0 cm³/mol. The molecule has 0 radical (unpaired) electrons. The fourth-order valence-corrected chi connectivity index (χ4v) is 2.58. The Bertz CT molecular complexity index is 407. The summed E-state index contributed by atoms with van der Waals surface area (Å²) in [5.41, 5.74) is 8.17. The fraction of sp³-hybridized carbons (Fsp3) is 0.500. The molecule has 3 nitrogen and oxygen atoms in total. The first-order chi connectivity index (χ1) is 8.58. The van der Waals surface area contributed by atoms with Gasteiger partial charge in [0.1, 0.15) is 0 Å². The monoisotopic (exact) mass is 266 g/mol. The number of nitrogens with one attached hydrogen (secondary N) is 1. The summed E-state index contributed by atoms with van der Waals surface area (Å²) < 4.78 is 0. The topological polar surface area (TPSA) is 55.1 Å². The Balaban J connectivity index is 2.65. The number of aryl methyl sites for hydroxylation is 1. The Morgan fingerprint density at radius 3 is 2.72 bits per heavy atom. The van der Waals surface area contributed by atoms with Gasteiger partial charge in [0.15, 0.2) is 0 Å². The summed E-state index contributed by atoms with van der Waals surface area (Å²) in [6.45, 7) is 5.04. The van der Waals surface area contributed by atoms with Gasteiger partial charge < -0.3 is 11.1 Å². The molecule has 1 amide bonds. The van der Waals surface area contributed by atoms with Gasteiger partial charge in [-0.25, -0.2) is 0 Å². The third kappa shape index (κ3) is 4.35. The first-order valence-corrected chi connectivity index (χ1v) is 7.59. The SMILES string of the molecule is CCC(CSC)NCc1ccc(C(N)=O)cc1C. The zero-order valence-corrected chi connectivity index (χ0v) is 12.1. The van der Waals surface area contributed by atoms with Crippen molar-refractivity contribution in [3.8, 4) is 0 Å². The molecule has 0 aliphatic heterocycles. The van der Waals surface area contributed by atoms with Crippen molar-refractivity contribution in [3.05, 3.63) is 34.9 Å². The van der Waals surface area contributed by atoms with Gasteiger partial charge in [-0.1, -0.05) is 13.0 Å². The molecule has 0 aliphatic carbocycles. The van der Waals surface area contributed by atoms with Crippen LogP contribution in [0.4, 0.5) is 0 Å². The third-order valence-corrected chi connectivity index (χ3v) is 3.80. The van der Waals surface area contributed by atoms with Crippen molar-refractivity contribution in [2.45, 2.75) is 32.9 Å². The summed E-state index contributed by atoms with van der Waals surface area (Å²) >= 11 is 1.86. The van der Waals surface area contributed by atoms with Crippen LogP contribution in [0.15, 0.2) is 18.2 Å². The number of thioether (sulfide) groups is 1. The highest BCUT2D eigenvalue weighted by atomic mass is 32.2. The second kappa shape index (κ2) is 7.44. The van der Waals surface area contributed by atoms with Gasteiger partial charge in [0.05, 0.1) is 0 Å². The molecule has 0 bridgehead atoms. The molecule has 0 aliphatic rings. The molecule has 0 aromatic heterocycles. The molecule has 1 aromatic carbocycles. The lowest BCUT2D eigenvalue weighted by Crippen LogP contribution is -2.30. The van der Waals surface area contributed by atoms with Gasteiger partial charge in [-0.2, -0.15) is 11.8 Å². The average Bonchev–Trinajstić information content (AvgIpc) is 2.35. The van der Waals surface area contributed by atoms with Crippen LogP contribution in [-0.4, -0.2) is 24.0 Å². The first-order valence-electron chi connectivity index (χ1n) is 6.20. The van der Waals surface area contributed by atoms with Gasteiger partial charge in [0.2, 0.25) is 5.91 Å². The molecule has 1 atom stereocenters. The normalized spacial score (nSPS) is 12.4. The van der Waals surface area contributed by atoms with Crippen LogP contribution in [0.2, 0.25) is 0 Å². The number of hydrogen-bond acceptors (Lipinski definition) is 3. The number of carbonyl (C=O) groups excluding carboxylic acids is 1. The van der Waals surface area contributed by atoms with Crippen molar-refractivity contribution in [2.75, 3.05) is 12.0 Å². The predicted octanol–water partition coefficient (Wildman–Crippen LogP) is 2.33. The van der Waals surface area contributed by atoms with Crippen LogP contribution in [0.5, 0.6) is 0 Å². The Hall–Kier alpha value is -1.00. The Labute approximate surface area is 114 Å². The Kier molecular flexibility index (Phi) is 6.22. The summed E-state index contributed by atoms with van der Waals surface area (Å²) in [5, 5.41) is 3.54. The first kappa shape index (κ1) is 15.1. The van der Waals surface area contributed by atoms with Gasteiger partial charge in [-0.3, -0.25) is 4.79 Å². The lowest BCUT2D eigenvalue weighted by Gasteiger charge is -2.16. The van der Waals surface area contributed by atoms with Crippen LogP contribution in [0.25, 0.3) is 0 Å². The average molecular weight is 266 g/mol. The number of primary amides is 1. The third-order valence-electron chi connectivity index (χ3n) is 3.07. The molecular formula is C14H22N2OS. The summed E-state index contributed by atoms with van der Waals surface area (Å²) in [6.07, 6.45) is 3.25. The second-order valence-electron chi connectivity index (χ2n) is 4.45. The molecule has 0 saturated carbocycles. The maximum atomic E-state index is 11.1. The minimum atomic E-state index is -0.369. The van der Waals surface area contributed by atoms with Crippen LogP contribution >= 0.6 is 11.8 Å². The molecule has 1 aromatic rings. The van der Waals surface area contributed by atoms with Crippen molar-refractivity contribution >= 4 is 17.7 Å². The minimum Gasteiger partial charge on any atom is -0.366 e.